The fraction of sp³-hybridized carbons (Fsp3) is 0.714. The van der Waals surface area contributed by atoms with Crippen molar-refractivity contribution in [2.45, 2.75) is 32.4 Å². The van der Waals surface area contributed by atoms with Gasteiger partial charge >= 0.3 is 0 Å². The highest BCUT2D eigenvalue weighted by atomic mass is 16.5. The Labute approximate surface area is 119 Å². The molecule has 0 saturated carbocycles. The van der Waals surface area contributed by atoms with E-state index in [0.717, 1.165) is 24.7 Å². The zero-order valence-corrected chi connectivity index (χ0v) is 12.3. The van der Waals surface area contributed by atoms with Crippen LogP contribution in [0.4, 0.5) is 5.69 Å². The zero-order valence-electron chi connectivity index (χ0n) is 12.3. The van der Waals surface area contributed by atoms with E-state index in [0.29, 0.717) is 13.2 Å². The third-order valence-corrected chi connectivity index (χ3v) is 3.79. The summed E-state index contributed by atoms with van der Waals surface area (Å²) in [6.45, 7) is 5.06. The van der Waals surface area contributed by atoms with Crippen molar-refractivity contribution in [2.75, 3.05) is 31.7 Å². The summed E-state index contributed by atoms with van der Waals surface area (Å²) in [7, 11) is 1.59. The van der Waals surface area contributed by atoms with Gasteiger partial charge in [-0.25, -0.2) is 4.68 Å². The number of hydrogen-bond acceptors (Lipinski definition) is 5. The fourth-order valence-corrected chi connectivity index (χ4v) is 2.49. The molecule has 0 spiro atoms. The second kappa shape index (κ2) is 6.85. The normalized spacial score (nSPS) is 18.2. The van der Waals surface area contributed by atoms with Crippen molar-refractivity contribution in [2.24, 2.45) is 11.7 Å². The van der Waals surface area contributed by atoms with E-state index in [4.69, 9.17) is 10.5 Å². The van der Waals surface area contributed by atoms with Gasteiger partial charge in [-0.1, -0.05) is 6.92 Å². The highest BCUT2D eigenvalue weighted by Gasteiger charge is 2.17. The Morgan fingerprint density at radius 1 is 1.50 bits per heavy atom. The number of nitrogens with zero attached hydrogens (tertiary/aromatic N) is 3. The maximum atomic E-state index is 12.1. The lowest BCUT2D eigenvalue weighted by atomic mass is 9.99. The Hall–Kier alpha value is -1.40. The Kier molecular flexibility index (Phi) is 5.14. The summed E-state index contributed by atoms with van der Waals surface area (Å²) in [5.74, 6) is 0.770. The lowest BCUT2D eigenvalue weighted by Gasteiger charge is -2.31. The van der Waals surface area contributed by atoms with E-state index in [2.05, 4.69) is 16.9 Å². The lowest BCUT2D eigenvalue weighted by molar-refractivity contribution is 0.171. The Morgan fingerprint density at radius 3 is 2.80 bits per heavy atom. The zero-order chi connectivity index (χ0) is 14.5. The van der Waals surface area contributed by atoms with E-state index in [-0.39, 0.29) is 11.6 Å². The summed E-state index contributed by atoms with van der Waals surface area (Å²) in [6.07, 6.45) is 4.10. The van der Waals surface area contributed by atoms with Crippen LogP contribution in [0.15, 0.2) is 17.1 Å². The highest BCUT2D eigenvalue weighted by molar-refractivity contribution is 5.43. The molecular formula is C14H24N4O2. The molecule has 1 fully saturated rings. The molecule has 112 valence electrons. The number of methoxy groups -OCH3 is 1. The van der Waals surface area contributed by atoms with E-state index in [1.165, 1.54) is 17.5 Å². The number of piperidine rings is 1. The first-order valence-corrected chi connectivity index (χ1v) is 7.16. The molecule has 1 atom stereocenters. The number of hydrogen-bond donors (Lipinski definition) is 1. The Balaban J connectivity index is 2.04. The first kappa shape index (κ1) is 15.0. The summed E-state index contributed by atoms with van der Waals surface area (Å²) in [4.78, 5) is 14.3. The van der Waals surface area contributed by atoms with Gasteiger partial charge in [-0.15, -0.1) is 0 Å². The topological polar surface area (TPSA) is 73.4 Å². The molecule has 1 aliphatic rings. The standard InChI is InChI=1S/C14H24N4O2/c1-11-3-5-17(6-4-11)13-7-14(19)18(16-8-13)9-12(15)10-20-2/h7-8,11-12H,3-6,9-10,15H2,1-2H3. The van der Waals surface area contributed by atoms with Gasteiger partial charge in [0.25, 0.3) is 5.56 Å². The van der Waals surface area contributed by atoms with E-state index < -0.39 is 0 Å². The third kappa shape index (κ3) is 3.80. The average molecular weight is 280 g/mol. The molecule has 1 unspecified atom stereocenters. The van der Waals surface area contributed by atoms with Crippen LogP contribution in [-0.4, -0.2) is 42.6 Å². The van der Waals surface area contributed by atoms with Gasteiger partial charge in [0, 0.05) is 32.3 Å². The van der Waals surface area contributed by atoms with Gasteiger partial charge in [-0.2, -0.15) is 5.10 Å². The molecule has 0 amide bonds. The summed E-state index contributed by atoms with van der Waals surface area (Å²) in [6, 6.07) is 1.44. The fourth-order valence-electron chi connectivity index (χ4n) is 2.49. The molecule has 1 aromatic rings. The Morgan fingerprint density at radius 2 is 2.20 bits per heavy atom. The molecule has 0 bridgehead atoms. The molecule has 1 aromatic heterocycles. The third-order valence-electron chi connectivity index (χ3n) is 3.79. The van der Waals surface area contributed by atoms with Gasteiger partial charge in [-0.3, -0.25) is 4.79 Å². The molecule has 0 radical (unpaired) electrons. The minimum atomic E-state index is -0.216. The van der Waals surface area contributed by atoms with E-state index in [1.54, 1.807) is 19.4 Å². The second-order valence-corrected chi connectivity index (χ2v) is 5.62. The average Bonchev–Trinajstić information content (AvgIpc) is 2.42. The van der Waals surface area contributed by atoms with Crippen molar-refractivity contribution < 1.29 is 4.74 Å². The monoisotopic (exact) mass is 280 g/mol. The number of ether oxygens (including phenoxy) is 1. The molecule has 6 heteroatoms. The van der Waals surface area contributed by atoms with Gasteiger partial charge < -0.3 is 15.4 Å². The second-order valence-electron chi connectivity index (χ2n) is 5.62. The van der Waals surface area contributed by atoms with Crippen molar-refractivity contribution in [3.63, 3.8) is 0 Å². The first-order chi connectivity index (χ1) is 9.60. The molecule has 0 aliphatic carbocycles. The van der Waals surface area contributed by atoms with Gasteiger partial charge in [0.05, 0.1) is 25.0 Å². The van der Waals surface area contributed by atoms with Gasteiger partial charge in [0.2, 0.25) is 0 Å². The summed E-state index contributed by atoms with van der Waals surface area (Å²) in [5.41, 5.74) is 6.66. The highest BCUT2D eigenvalue weighted by Crippen LogP contribution is 2.20. The number of anilines is 1. The van der Waals surface area contributed by atoms with Crippen LogP contribution >= 0.6 is 0 Å². The number of nitrogens with two attached hydrogens (primary N) is 1. The largest absolute Gasteiger partial charge is 0.383 e. The predicted octanol–water partition coefficient (Wildman–Crippen LogP) is 0.453. The van der Waals surface area contributed by atoms with Crippen molar-refractivity contribution >= 4 is 5.69 Å². The van der Waals surface area contributed by atoms with Crippen LogP contribution < -0.4 is 16.2 Å². The maximum absolute atomic E-state index is 12.1. The van der Waals surface area contributed by atoms with Crippen LogP contribution in [0.5, 0.6) is 0 Å². The lowest BCUT2D eigenvalue weighted by Crippen LogP contribution is -2.38. The first-order valence-electron chi connectivity index (χ1n) is 7.16. The van der Waals surface area contributed by atoms with Crippen LogP contribution in [0.3, 0.4) is 0 Å². The summed E-state index contributed by atoms with van der Waals surface area (Å²) < 4.78 is 6.37. The quantitative estimate of drug-likeness (QED) is 0.848. The number of aromatic nitrogens is 2. The van der Waals surface area contributed by atoms with Gasteiger partial charge in [0.15, 0.2) is 0 Å². The molecule has 2 rings (SSSR count). The molecule has 2 N–H and O–H groups in total. The molecule has 2 heterocycles. The van der Waals surface area contributed by atoms with Crippen LogP contribution in [0.2, 0.25) is 0 Å². The molecule has 20 heavy (non-hydrogen) atoms. The van der Waals surface area contributed by atoms with E-state index >= 15 is 0 Å². The van der Waals surface area contributed by atoms with Crippen molar-refractivity contribution in [3.8, 4) is 0 Å². The molecule has 1 saturated heterocycles. The Bertz CT molecular complexity index is 480. The maximum Gasteiger partial charge on any atom is 0.268 e. The van der Waals surface area contributed by atoms with E-state index in [9.17, 15) is 4.79 Å². The molecule has 0 aromatic carbocycles. The van der Waals surface area contributed by atoms with Crippen LogP contribution in [0, 0.1) is 5.92 Å². The summed E-state index contributed by atoms with van der Waals surface area (Å²) >= 11 is 0. The van der Waals surface area contributed by atoms with Crippen molar-refractivity contribution in [3.05, 3.63) is 22.6 Å². The van der Waals surface area contributed by atoms with Gasteiger partial charge in [-0.05, 0) is 18.8 Å². The summed E-state index contributed by atoms with van der Waals surface area (Å²) in [5, 5.41) is 4.22. The van der Waals surface area contributed by atoms with E-state index in [1.807, 2.05) is 0 Å². The van der Waals surface area contributed by atoms with Crippen molar-refractivity contribution in [1.29, 1.82) is 0 Å². The smallest absolute Gasteiger partial charge is 0.268 e. The van der Waals surface area contributed by atoms with Crippen molar-refractivity contribution in [1.82, 2.24) is 9.78 Å². The van der Waals surface area contributed by atoms with Gasteiger partial charge in [0.1, 0.15) is 0 Å². The molecular weight excluding hydrogens is 256 g/mol. The molecule has 6 nitrogen and oxygen atoms in total. The van der Waals surface area contributed by atoms with Crippen LogP contribution in [0.1, 0.15) is 19.8 Å². The SMILES string of the molecule is COCC(N)Cn1ncc(N2CCC(C)CC2)cc1=O. The predicted molar refractivity (Wildman–Crippen MR) is 79.0 cm³/mol. The minimum Gasteiger partial charge on any atom is -0.383 e. The van der Waals surface area contributed by atoms with Crippen LogP contribution in [0.25, 0.3) is 0 Å². The molecule has 1 aliphatic heterocycles. The number of rotatable bonds is 5. The van der Waals surface area contributed by atoms with Crippen LogP contribution in [-0.2, 0) is 11.3 Å². The minimum absolute atomic E-state index is 0.104.